The molecule has 0 aromatic heterocycles. The number of phenolic OH excluding ortho intramolecular Hbond substituents is 1. The summed E-state index contributed by atoms with van der Waals surface area (Å²) < 4.78 is 0. The van der Waals surface area contributed by atoms with Crippen molar-refractivity contribution in [1.29, 1.82) is 0 Å². The fourth-order valence-corrected chi connectivity index (χ4v) is 2.09. The van der Waals surface area contributed by atoms with Gasteiger partial charge in [-0.25, -0.2) is 0 Å². The predicted molar refractivity (Wildman–Crippen MR) is 91.8 cm³/mol. The standard InChI is InChI=1S/C15H21N5O5/c21-11-4-9(17-8-13(23)16-2-1-14(24)25)3-10(5-11)20-15-18-6-12(22)7-19-15/h3-5,12,17,21-22H,1-2,6-8H2,(H,16,23)(H,24,25)(H2,18,19,20). The first-order valence-electron chi connectivity index (χ1n) is 7.72. The molecule has 1 heterocycles. The summed E-state index contributed by atoms with van der Waals surface area (Å²) in [7, 11) is 0. The number of carboxylic acid groups (broad SMARTS) is 1. The van der Waals surface area contributed by atoms with Crippen LogP contribution < -0.4 is 21.3 Å². The number of aliphatic imine (C=N–C) groups is 1. The van der Waals surface area contributed by atoms with Crippen molar-refractivity contribution in [3.8, 4) is 5.75 Å². The highest BCUT2D eigenvalue weighted by Gasteiger charge is 2.12. The number of aliphatic carboxylic acids is 1. The van der Waals surface area contributed by atoms with E-state index in [0.29, 0.717) is 23.9 Å². The van der Waals surface area contributed by atoms with E-state index in [0.717, 1.165) is 0 Å². The van der Waals surface area contributed by atoms with Crippen molar-refractivity contribution in [2.45, 2.75) is 12.5 Å². The Bertz CT molecular complexity index is 664. The lowest BCUT2D eigenvalue weighted by Crippen LogP contribution is -2.42. The lowest BCUT2D eigenvalue weighted by molar-refractivity contribution is -0.136. The highest BCUT2D eigenvalue weighted by molar-refractivity contribution is 5.94. The first-order valence-corrected chi connectivity index (χ1v) is 7.72. The second-order valence-corrected chi connectivity index (χ2v) is 5.46. The number of guanidine groups is 1. The minimum absolute atomic E-state index is 0.00442. The van der Waals surface area contributed by atoms with Crippen molar-refractivity contribution in [1.82, 2.24) is 10.6 Å². The van der Waals surface area contributed by atoms with Crippen LogP contribution in [-0.4, -0.2) is 65.4 Å². The Kier molecular flexibility index (Phi) is 6.40. The van der Waals surface area contributed by atoms with Crippen LogP contribution in [-0.2, 0) is 9.59 Å². The van der Waals surface area contributed by atoms with Gasteiger partial charge in [-0.3, -0.25) is 14.6 Å². The normalized spacial score (nSPS) is 16.4. The van der Waals surface area contributed by atoms with E-state index < -0.39 is 12.1 Å². The number of nitrogens with one attached hydrogen (secondary N) is 4. The van der Waals surface area contributed by atoms with E-state index in [2.05, 4.69) is 26.3 Å². The van der Waals surface area contributed by atoms with Gasteiger partial charge in [0.1, 0.15) is 5.75 Å². The number of hydrogen-bond donors (Lipinski definition) is 7. The van der Waals surface area contributed by atoms with Crippen LogP contribution in [0.15, 0.2) is 23.2 Å². The Morgan fingerprint density at radius 2 is 2.04 bits per heavy atom. The highest BCUT2D eigenvalue weighted by atomic mass is 16.4. The summed E-state index contributed by atoms with van der Waals surface area (Å²) in [4.78, 5) is 26.1. The second kappa shape index (κ2) is 8.73. The first-order chi connectivity index (χ1) is 11.9. The minimum atomic E-state index is -0.983. The number of benzene rings is 1. The van der Waals surface area contributed by atoms with Crippen molar-refractivity contribution in [2.75, 3.05) is 36.8 Å². The molecule has 0 spiro atoms. The van der Waals surface area contributed by atoms with Crippen molar-refractivity contribution in [3.05, 3.63) is 18.2 Å². The summed E-state index contributed by atoms with van der Waals surface area (Å²) in [6.07, 6.45) is -0.665. The quantitative estimate of drug-likeness (QED) is 0.334. The molecule has 0 aliphatic carbocycles. The molecule has 2 rings (SSSR count). The van der Waals surface area contributed by atoms with E-state index in [-0.39, 0.29) is 37.7 Å². The average molecular weight is 351 g/mol. The van der Waals surface area contributed by atoms with Crippen LogP contribution in [0, 0.1) is 0 Å². The van der Waals surface area contributed by atoms with E-state index >= 15 is 0 Å². The van der Waals surface area contributed by atoms with Crippen molar-refractivity contribution in [2.24, 2.45) is 4.99 Å². The number of hydrogen-bond acceptors (Lipinski definition) is 8. The molecule has 10 heteroatoms. The number of aromatic hydroxyl groups is 1. The molecule has 1 atom stereocenters. The van der Waals surface area contributed by atoms with E-state index in [1.165, 1.54) is 12.1 Å². The molecule has 25 heavy (non-hydrogen) atoms. The van der Waals surface area contributed by atoms with Crippen LogP contribution in [0.1, 0.15) is 6.42 Å². The van der Waals surface area contributed by atoms with Crippen LogP contribution in [0.5, 0.6) is 5.75 Å². The number of β-amino-alcohol motifs (C(OH)–C–C–N with tert-alkyl or cyclic N) is 1. The van der Waals surface area contributed by atoms with Crippen molar-refractivity contribution >= 4 is 29.2 Å². The number of amides is 1. The zero-order valence-corrected chi connectivity index (χ0v) is 13.5. The first kappa shape index (κ1) is 18.3. The number of carboxylic acids is 1. The zero-order chi connectivity index (χ0) is 18.2. The third-order valence-electron chi connectivity index (χ3n) is 3.26. The van der Waals surface area contributed by atoms with Gasteiger partial charge in [-0.05, 0) is 6.07 Å². The molecule has 1 aliphatic rings. The summed E-state index contributed by atoms with van der Waals surface area (Å²) in [6, 6.07) is 4.63. The molecule has 10 nitrogen and oxygen atoms in total. The van der Waals surface area contributed by atoms with Crippen LogP contribution >= 0.6 is 0 Å². The summed E-state index contributed by atoms with van der Waals surface area (Å²) in [5.74, 6) is -0.862. The number of aliphatic hydroxyl groups excluding tert-OH is 1. The molecule has 0 saturated carbocycles. The fraction of sp³-hybridized carbons (Fsp3) is 0.400. The Morgan fingerprint density at radius 3 is 2.72 bits per heavy atom. The molecule has 1 amide bonds. The van der Waals surface area contributed by atoms with Gasteiger partial charge in [-0.15, -0.1) is 0 Å². The predicted octanol–water partition coefficient (Wildman–Crippen LogP) is -0.873. The van der Waals surface area contributed by atoms with Gasteiger partial charge in [0.25, 0.3) is 0 Å². The van der Waals surface area contributed by atoms with E-state index in [4.69, 9.17) is 5.11 Å². The lowest BCUT2D eigenvalue weighted by atomic mass is 10.2. The Balaban J connectivity index is 1.88. The van der Waals surface area contributed by atoms with E-state index in [9.17, 15) is 19.8 Å². The smallest absolute Gasteiger partial charge is 0.305 e. The molecule has 1 aromatic rings. The monoisotopic (exact) mass is 351 g/mol. The number of carbonyl (C=O) groups excluding carboxylic acids is 1. The molecular formula is C15H21N5O5. The van der Waals surface area contributed by atoms with Crippen molar-refractivity contribution < 1.29 is 24.9 Å². The van der Waals surface area contributed by atoms with Gasteiger partial charge in [0.15, 0.2) is 5.96 Å². The molecule has 1 aromatic carbocycles. The van der Waals surface area contributed by atoms with Gasteiger partial charge >= 0.3 is 5.97 Å². The van der Waals surface area contributed by atoms with Gasteiger partial charge in [0.2, 0.25) is 5.91 Å². The maximum absolute atomic E-state index is 11.6. The molecule has 7 N–H and O–H groups in total. The van der Waals surface area contributed by atoms with E-state index in [1.54, 1.807) is 6.07 Å². The van der Waals surface area contributed by atoms with Gasteiger partial charge in [0.05, 0.1) is 25.6 Å². The summed E-state index contributed by atoms with van der Waals surface area (Å²) >= 11 is 0. The Hall–Kier alpha value is -3.01. The second-order valence-electron chi connectivity index (χ2n) is 5.46. The molecular weight excluding hydrogens is 330 g/mol. The fourth-order valence-electron chi connectivity index (χ4n) is 2.09. The molecule has 0 saturated heterocycles. The van der Waals surface area contributed by atoms with Crippen LogP contribution in [0.3, 0.4) is 0 Å². The topological polar surface area (TPSA) is 155 Å². The maximum atomic E-state index is 11.6. The Labute approximate surface area is 144 Å². The number of aliphatic hydroxyl groups is 1. The number of nitrogens with zero attached hydrogens (tertiary/aromatic N) is 1. The summed E-state index contributed by atoms with van der Waals surface area (Å²) in [6.45, 7) is 0.663. The summed E-state index contributed by atoms with van der Waals surface area (Å²) in [5, 5.41) is 38.9. The van der Waals surface area contributed by atoms with Gasteiger partial charge in [0, 0.05) is 36.6 Å². The third-order valence-corrected chi connectivity index (χ3v) is 3.26. The number of phenols is 1. The molecule has 0 fully saturated rings. The van der Waals surface area contributed by atoms with E-state index in [1.807, 2.05) is 0 Å². The van der Waals surface area contributed by atoms with Gasteiger partial charge < -0.3 is 36.6 Å². The molecule has 1 aliphatic heterocycles. The number of anilines is 2. The number of carbonyl (C=O) groups is 2. The van der Waals surface area contributed by atoms with Crippen molar-refractivity contribution in [3.63, 3.8) is 0 Å². The van der Waals surface area contributed by atoms with Crippen LogP contribution in [0.4, 0.5) is 11.4 Å². The maximum Gasteiger partial charge on any atom is 0.305 e. The van der Waals surface area contributed by atoms with Crippen LogP contribution in [0.25, 0.3) is 0 Å². The lowest BCUT2D eigenvalue weighted by Gasteiger charge is -2.20. The largest absolute Gasteiger partial charge is 0.508 e. The molecule has 0 radical (unpaired) electrons. The van der Waals surface area contributed by atoms with Gasteiger partial charge in [-0.1, -0.05) is 0 Å². The van der Waals surface area contributed by atoms with Crippen LogP contribution in [0.2, 0.25) is 0 Å². The third kappa shape index (κ3) is 6.55. The minimum Gasteiger partial charge on any atom is -0.508 e. The summed E-state index contributed by atoms with van der Waals surface area (Å²) in [5.41, 5.74) is 1.06. The molecule has 0 bridgehead atoms. The molecule has 136 valence electrons. The number of rotatable bonds is 7. The molecule has 1 unspecified atom stereocenters. The average Bonchev–Trinajstić information content (AvgIpc) is 2.54. The SMILES string of the molecule is O=C(O)CCNC(=O)CNc1cc(O)cc(NC2=NCC(O)CN2)c1. The zero-order valence-electron chi connectivity index (χ0n) is 13.5. The van der Waals surface area contributed by atoms with Gasteiger partial charge in [-0.2, -0.15) is 0 Å². The highest BCUT2D eigenvalue weighted by Crippen LogP contribution is 2.23. The Morgan fingerprint density at radius 1 is 1.28 bits per heavy atom.